The van der Waals surface area contributed by atoms with Gasteiger partial charge < -0.3 is 10.0 Å². The largest absolute Gasteiger partial charge is 0.392 e. The van der Waals surface area contributed by atoms with E-state index >= 15 is 0 Å². The van der Waals surface area contributed by atoms with E-state index in [-0.39, 0.29) is 6.61 Å². The maximum absolute atomic E-state index is 12.6. The zero-order chi connectivity index (χ0) is 15.5. The summed E-state index contributed by atoms with van der Waals surface area (Å²) in [5.41, 5.74) is 0.718. The van der Waals surface area contributed by atoms with E-state index in [1.54, 1.807) is 28.6 Å². The fraction of sp³-hybridized carbons (Fsp3) is 0.600. The van der Waals surface area contributed by atoms with Gasteiger partial charge in [0, 0.05) is 32.7 Å². The Labute approximate surface area is 127 Å². The van der Waals surface area contributed by atoms with Crippen LogP contribution in [0.4, 0.5) is 0 Å². The van der Waals surface area contributed by atoms with Crippen LogP contribution in [0.2, 0.25) is 0 Å². The van der Waals surface area contributed by atoms with Crippen molar-refractivity contribution in [3.63, 3.8) is 0 Å². The highest BCUT2D eigenvalue weighted by molar-refractivity contribution is 7.89. The van der Waals surface area contributed by atoms with Gasteiger partial charge in [-0.25, -0.2) is 8.42 Å². The van der Waals surface area contributed by atoms with E-state index in [0.29, 0.717) is 23.9 Å². The summed E-state index contributed by atoms with van der Waals surface area (Å²) >= 11 is 0. The second-order valence-corrected chi connectivity index (χ2v) is 7.84. The van der Waals surface area contributed by atoms with Crippen LogP contribution >= 0.6 is 0 Å². The van der Waals surface area contributed by atoms with E-state index in [4.69, 9.17) is 5.11 Å². The topological polar surface area (TPSA) is 60.9 Å². The fourth-order valence-corrected chi connectivity index (χ4v) is 4.01. The van der Waals surface area contributed by atoms with E-state index in [9.17, 15) is 8.42 Å². The molecule has 5 nitrogen and oxygen atoms in total. The quantitative estimate of drug-likeness (QED) is 0.886. The first-order chi connectivity index (χ1) is 9.93. The molecule has 0 radical (unpaired) electrons. The smallest absolute Gasteiger partial charge is 0.243 e. The summed E-state index contributed by atoms with van der Waals surface area (Å²) in [5.74, 6) is 0.596. The van der Waals surface area contributed by atoms with Crippen LogP contribution in [0.3, 0.4) is 0 Å². The summed E-state index contributed by atoms with van der Waals surface area (Å²) < 4.78 is 26.7. The van der Waals surface area contributed by atoms with E-state index < -0.39 is 10.0 Å². The minimum atomic E-state index is -3.41. The van der Waals surface area contributed by atoms with Gasteiger partial charge in [0.25, 0.3) is 0 Å². The third kappa shape index (κ3) is 4.03. The molecule has 1 heterocycles. The third-order valence-electron chi connectivity index (χ3n) is 3.70. The second-order valence-electron chi connectivity index (χ2n) is 5.90. The van der Waals surface area contributed by atoms with Gasteiger partial charge in [-0.3, -0.25) is 0 Å². The zero-order valence-corrected chi connectivity index (χ0v) is 13.5. The monoisotopic (exact) mass is 312 g/mol. The highest BCUT2D eigenvalue weighted by atomic mass is 32.2. The van der Waals surface area contributed by atoms with E-state index in [1.807, 2.05) is 0 Å². The summed E-state index contributed by atoms with van der Waals surface area (Å²) in [6, 6.07) is 6.45. The highest BCUT2D eigenvalue weighted by Gasteiger charge is 2.28. The predicted octanol–water partition coefficient (Wildman–Crippen LogP) is 1.14. The molecule has 0 unspecified atom stereocenters. The van der Waals surface area contributed by atoms with Gasteiger partial charge in [0.1, 0.15) is 0 Å². The summed E-state index contributed by atoms with van der Waals surface area (Å²) in [4.78, 5) is 2.61. The number of piperazine rings is 1. The molecule has 1 fully saturated rings. The molecule has 0 aromatic heterocycles. The Bertz CT molecular complexity index is 547. The number of sulfonamides is 1. The molecule has 1 N–H and O–H groups in total. The predicted molar refractivity (Wildman–Crippen MR) is 82.4 cm³/mol. The molecule has 0 saturated carbocycles. The number of aliphatic hydroxyl groups excluding tert-OH is 1. The molecular formula is C15H24N2O3S. The van der Waals surface area contributed by atoms with Crippen LogP contribution in [0.1, 0.15) is 19.4 Å². The van der Waals surface area contributed by atoms with Crippen molar-refractivity contribution in [2.24, 2.45) is 5.92 Å². The lowest BCUT2D eigenvalue weighted by Crippen LogP contribution is -2.49. The van der Waals surface area contributed by atoms with Crippen molar-refractivity contribution in [2.45, 2.75) is 25.3 Å². The molecule has 0 aliphatic carbocycles. The Balaban J connectivity index is 2.03. The molecule has 1 aromatic carbocycles. The number of nitrogens with zero attached hydrogens (tertiary/aromatic N) is 2. The van der Waals surface area contributed by atoms with Gasteiger partial charge >= 0.3 is 0 Å². The zero-order valence-electron chi connectivity index (χ0n) is 12.7. The number of aliphatic hydroxyl groups is 1. The number of rotatable bonds is 5. The van der Waals surface area contributed by atoms with Crippen LogP contribution in [-0.4, -0.2) is 55.5 Å². The molecule has 0 amide bonds. The highest BCUT2D eigenvalue weighted by Crippen LogP contribution is 2.18. The molecule has 6 heteroatoms. The number of benzene rings is 1. The Kier molecular flexibility index (Phi) is 5.37. The van der Waals surface area contributed by atoms with Crippen molar-refractivity contribution in [3.8, 4) is 0 Å². The first-order valence-electron chi connectivity index (χ1n) is 7.36. The summed E-state index contributed by atoms with van der Waals surface area (Å²) in [6.45, 7) is 7.93. The maximum atomic E-state index is 12.6. The van der Waals surface area contributed by atoms with Gasteiger partial charge in [0.2, 0.25) is 10.0 Å². The van der Waals surface area contributed by atoms with Crippen molar-refractivity contribution < 1.29 is 13.5 Å². The van der Waals surface area contributed by atoms with Gasteiger partial charge in [-0.05, 0) is 23.6 Å². The molecule has 0 atom stereocenters. The molecule has 1 aliphatic rings. The first-order valence-corrected chi connectivity index (χ1v) is 8.80. The van der Waals surface area contributed by atoms with E-state index in [2.05, 4.69) is 18.7 Å². The van der Waals surface area contributed by atoms with Crippen molar-refractivity contribution in [1.29, 1.82) is 0 Å². The van der Waals surface area contributed by atoms with Crippen LogP contribution in [0, 0.1) is 5.92 Å². The Hall–Kier alpha value is -0.950. The average molecular weight is 312 g/mol. The van der Waals surface area contributed by atoms with Crippen molar-refractivity contribution in [2.75, 3.05) is 32.7 Å². The molecule has 21 heavy (non-hydrogen) atoms. The lowest BCUT2D eigenvalue weighted by molar-refractivity contribution is 0.172. The normalized spacial score (nSPS) is 18.3. The average Bonchev–Trinajstić information content (AvgIpc) is 2.47. The summed E-state index contributed by atoms with van der Waals surface area (Å²) in [7, 11) is -3.41. The molecular weight excluding hydrogens is 288 g/mol. The standard InChI is InChI=1S/C15H24N2O3S/c1-13(2)11-16-7-9-17(10-8-16)21(19,20)15-5-3-14(12-18)4-6-15/h3-6,13,18H,7-12H2,1-2H3. The fourth-order valence-electron chi connectivity index (χ4n) is 2.58. The van der Waals surface area contributed by atoms with Crippen LogP contribution in [-0.2, 0) is 16.6 Å². The minimum Gasteiger partial charge on any atom is -0.392 e. The number of hydrogen-bond acceptors (Lipinski definition) is 4. The van der Waals surface area contributed by atoms with E-state index in [1.165, 1.54) is 0 Å². The van der Waals surface area contributed by atoms with Crippen LogP contribution in [0.5, 0.6) is 0 Å². The first kappa shape index (κ1) is 16.4. The Morgan fingerprint density at radius 1 is 1.10 bits per heavy atom. The van der Waals surface area contributed by atoms with Crippen molar-refractivity contribution in [1.82, 2.24) is 9.21 Å². The summed E-state index contributed by atoms with van der Waals surface area (Å²) in [6.07, 6.45) is 0. The maximum Gasteiger partial charge on any atom is 0.243 e. The van der Waals surface area contributed by atoms with Crippen molar-refractivity contribution >= 4 is 10.0 Å². The Morgan fingerprint density at radius 3 is 2.14 bits per heavy atom. The van der Waals surface area contributed by atoms with Crippen LogP contribution in [0.15, 0.2) is 29.2 Å². The van der Waals surface area contributed by atoms with Gasteiger partial charge in [0.05, 0.1) is 11.5 Å². The summed E-state index contributed by atoms with van der Waals surface area (Å²) in [5, 5.41) is 9.02. The third-order valence-corrected chi connectivity index (χ3v) is 5.61. The molecule has 2 rings (SSSR count). The minimum absolute atomic E-state index is 0.0752. The SMILES string of the molecule is CC(C)CN1CCN(S(=O)(=O)c2ccc(CO)cc2)CC1. The van der Waals surface area contributed by atoms with Gasteiger partial charge in [-0.15, -0.1) is 0 Å². The lowest BCUT2D eigenvalue weighted by atomic mass is 10.2. The molecule has 1 saturated heterocycles. The number of hydrogen-bond donors (Lipinski definition) is 1. The molecule has 0 spiro atoms. The second kappa shape index (κ2) is 6.87. The lowest BCUT2D eigenvalue weighted by Gasteiger charge is -2.34. The molecule has 0 bridgehead atoms. The van der Waals surface area contributed by atoms with Crippen LogP contribution < -0.4 is 0 Å². The molecule has 1 aliphatic heterocycles. The Morgan fingerprint density at radius 2 is 1.67 bits per heavy atom. The molecule has 1 aromatic rings. The van der Waals surface area contributed by atoms with Crippen molar-refractivity contribution in [3.05, 3.63) is 29.8 Å². The van der Waals surface area contributed by atoms with Crippen LogP contribution in [0.25, 0.3) is 0 Å². The van der Waals surface area contributed by atoms with Gasteiger partial charge in [0.15, 0.2) is 0 Å². The van der Waals surface area contributed by atoms with E-state index in [0.717, 1.165) is 25.2 Å². The van der Waals surface area contributed by atoms with Gasteiger partial charge in [-0.2, -0.15) is 4.31 Å². The van der Waals surface area contributed by atoms with Gasteiger partial charge in [-0.1, -0.05) is 26.0 Å². The molecule has 118 valence electrons.